The van der Waals surface area contributed by atoms with Gasteiger partial charge in [0, 0.05) is 11.8 Å². The Morgan fingerprint density at radius 1 is 0.562 bits per heavy atom. The van der Waals surface area contributed by atoms with Gasteiger partial charge in [0.2, 0.25) is 23.6 Å². The standard InChI is InChI=1S/C26H22N2O4/c1-13-5-3-7-15(11-13)27-23(29)19-17-9-10-18(20(19)24(27)30)22-21(17)25(31)28(26(22)32)16-8-4-6-14(2)12-16/h3-12,17-22H,1-2H3/t17?,18?,19-,20-,21-,22+/m1/s1. The Bertz CT molecular complexity index is 1110. The molecule has 0 spiro atoms. The number of hydrogen-bond acceptors (Lipinski definition) is 4. The predicted molar refractivity (Wildman–Crippen MR) is 117 cm³/mol. The molecule has 2 bridgehead atoms. The van der Waals surface area contributed by atoms with Crippen molar-refractivity contribution >= 4 is 35.0 Å². The summed E-state index contributed by atoms with van der Waals surface area (Å²) in [4.78, 5) is 56.5. The minimum Gasteiger partial charge on any atom is -0.274 e. The Balaban J connectivity index is 1.41. The topological polar surface area (TPSA) is 74.8 Å². The highest BCUT2D eigenvalue weighted by Gasteiger charge is 2.68. The van der Waals surface area contributed by atoms with Crippen molar-refractivity contribution in [3.63, 3.8) is 0 Å². The van der Waals surface area contributed by atoms with Crippen LogP contribution < -0.4 is 9.80 Å². The largest absolute Gasteiger partial charge is 0.274 e. The molecule has 7 rings (SSSR count). The third-order valence-corrected chi connectivity index (χ3v) is 7.53. The number of aryl methyl sites for hydroxylation is 2. The summed E-state index contributed by atoms with van der Waals surface area (Å²) in [7, 11) is 0. The lowest BCUT2D eigenvalue weighted by Crippen LogP contribution is -2.50. The molecule has 2 heterocycles. The summed E-state index contributed by atoms with van der Waals surface area (Å²) in [5, 5.41) is 0. The van der Waals surface area contributed by atoms with Gasteiger partial charge in [-0.3, -0.25) is 29.0 Å². The number of amides is 4. The number of anilines is 2. The fraction of sp³-hybridized carbons (Fsp3) is 0.308. The summed E-state index contributed by atoms with van der Waals surface area (Å²) in [5.74, 6) is -4.38. The second kappa shape index (κ2) is 6.48. The average molecular weight is 426 g/mol. The van der Waals surface area contributed by atoms with E-state index in [-0.39, 0.29) is 23.6 Å². The summed E-state index contributed by atoms with van der Waals surface area (Å²) < 4.78 is 0. The number of imide groups is 2. The van der Waals surface area contributed by atoms with Gasteiger partial charge in [-0.2, -0.15) is 0 Å². The summed E-state index contributed by atoms with van der Waals surface area (Å²) in [6, 6.07) is 14.6. The molecule has 2 unspecified atom stereocenters. The van der Waals surface area contributed by atoms with Crippen molar-refractivity contribution in [1.82, 2.24) is 0 Å². The van der Waals surface area contributed by atoms with Crippen molar-refractivity contribution in [1.29, 1.82) is 0 Å². The molecule has 6 atom stereocenters. The molecule has 2 aromatic rings. The van der Waals surface area contributed by atoms with Gasteiger partial charge in [-0.05, 0) is 49.2 Å². The molecule has 0 radical (unpaired) electrons. The van der Waals surface area contributed by atoms with Crippen molar-refractivity contribution in [3.05, 3.63) is 71.8 Å². The number of hydrogen-bond donors (Lipinski definition) is 0. The summed E-state index contributed by atoms with van der Waals surface area (Å²) >= 11 is 0. The molecule has 2 aromatic carbocycles. The first kappa shape index (κ1) is 19.2. The van der Waals surface area contributed by atoms with Gasteiger partial charge < -0.3 is 0 Å². The van der Waals surface area contributed by atoms with E-state index in [9.17, 15) is 19.2 Å². The summed E-state index contributed by atoms with van der Waals surface area (Å²) in [6.45, 7) is 3.82. The van der Waals surface area contributed by atoms with E-state index in [4.69, 9.17) is 0 Å². The minimum absolute atomic E-state index is 0.266. The van der Waals surface area contributed by atoms with Gasteiger partial charge in [-0.15, -0.1) is 0 Å². The van der Waals surface area contributed by atoms with E-state index in [1.807, 2.05) is 62.4 Å². The molecular formula is C26H22N2O4. The molecule has 6 nitrogen and oxygen atoms in total. The highest BCUT2D eigenvalue weighted by atomic mass is 16.2. The molecule has 1 saturated carbocycles. The van der Waals surface area contributed by atoms with Crippen LogP contribution in [-0.2, 0) is 19.2 Å². The number of rotatable bonds is 2. The van der Waals surface area contributed by atoms with Gasteiger partial charge >= 0.3 is 0 Å². The van der Waals surface area contributed by atoms with Crippen LogP contribution in [0.15, 0.2) is 60.7 Å². The van der Waals surface area contributed by atoms with E-state index in [0.29, 0.717) is 11.4 Å². The molecule has 6 heteroatoms. The summed E-state index contributed by atoms with van der Waals surface area (Å²) in [6.07, 6.45) is 3.78. The Labute approximate surface area is 185 Å². The molecule has 0 aromatic heterocycles. The van der Waals surface area contributed by atoms with Crippen LogP contribution in [0, 0.1) is 49.4 Å². The maximum atomic E-state index is 13.5. The van der Waals surface area contributed by atoms with E-state index in [1.54, 1.807) is 12.1 Å². The maximum absolute atomic E-state index is 13.5. The van der Waals surface area contributed by atoms with Gasteiger partial charge in [-0.1, -0.05) is 36.4 Å². The number of nitrogens with zero attached hydrogens (tertiary/aromatic N) is 2. The van der Waals surface area contributed by atoms with Crippen LogP contribution in [0.5, 0.6) is 0 Å². The van der Waals surface area contributed by atoms with Gasteiger partial charge in [0.05, 0.1) is 35.0 Å². The lowest BCUT2D eigenvalue weighted by molar-refractivity contribution is -0.137. The van der Waals surface area contributed by atoms with E-state index < -0.39 is 35.5 Å². The van der Waals surface area contributed by atoms with Gasteiger partial charge in [-0.25, -0.2) is 0 Å². The maximum Gasteiger partial charge on any atom is 0.238 e. The van der Waals surface area contributed by atoms with E-state index in [1.165, 1.54) is 9.80 Å². The van der Waals surface area contributed by atoms with Crippen molar-refractivity contribution in [2.75, 3.05) is 9.80 Å². The predicted octanol–water partition coefficient (Wildman–Crippen LogP) is 3.03. The smallest absolute Gasteiger partial charge is 0.238 e. The van der Waals surface area contributed by atoms with Crippen molar-refractivity contribution in [3.8, 4) is 0 Å². The first-order valence-electron chi connectivity index (χ1n) is 11.0. The molecule has 0 N–H and O–H groups in total. The molecule has 32 heavy (non-hydrogen) atoms. The second-order valence-corrected chi connectivity index (χ2v) is 9.34. The Morgan fingerprint density at radius 2 is 0.906 bits per heavy atom. The van der Waals surface area contributed by atoms with E-state index >= 15 is 0 Å². The normalized spacial score (nSPS) is 32.7. The lowest BCUT2D eigenvalue weighted by Gasteiger charge is -2.44. The highest BCUT2D eigenvalue weighted by Crippen LogP contribution is 2.58. The highest BCUT2D eigenvalue weighted by molar-refractivity contribution is 6.26. The number of allylic oxidation sites excluding steroid dienone is 2. The minimum atomic E-state index is -0.603. The number of benzene rings is 2. The Hall–Kier alpha value is -3.54. The molecule has 2 aliphatic heterocycles. The fourth-order valence-corrected chi connectivity index (χ4v) is 6.27. The molecule has 5 aliphatic rings. The van der Waals surface area contributed by atoms with Crippen LogP contribution in [0.2, 0.25) is 0 Å². The van der Waals surface area contributed by atoms with Gasteiger partial charge in [0.15, 0.2) is 0 Å². The zero-order valence-corrected chi connectivity index (χ0v) is 17.8. The van der Waals surface area contributed by atoms with Gasteiger partial charge in [0.1, 0.15) is 0 Å². The van der Waals surface area contributed by atoms with Crippen LogP contribution in [0.25, 0.3) is 0 Å². The van der Waals surface area contributed by atoms with E-state index in [0.717, 1.165) is 11.1 Å². The van der Waals surface area contributed by atoms with Crippen LogP contribution in [0.3, 0.4) is 0 Å². The quantitative estimate of drug-likeness (QED) is 0.547. The van der Waals surface area contributed by atoms with Crippen molar-refractivity contribution < 1.29 is 19.2 Å². The first-order valence-corrected chi connectivity index (χ1v) is 11.0. The number of carbonyl (C=O) groups excluding carboxylic acids is 4. The summed E-state index contributed by atoms with van der Waals surface area (Å²) in [5.41, 5.74) is 3.01. The van der Waals surface area contributed by atoms with Crippen LogP contribution in [0.1, 0.15) is 11.1 Å². The Morgan fingerprint density at radius 3 is 1.22 bits per heavy atom. The molecule has 3 fully saturated rings. The van der Waals surface area contributed by atoms with Crippen molar-refractivity contribution in [2.24, 2.45) is 35.5 Å². The molecule has 2 saturated heterocycles. The van der Waals surface area contributed by atoms with E-state index in [2.05, 4.69) is 0 Å². The second-order valence-electron chi connectivity index (χ2n) is 9.34. The zero-order valence-electron chi connectivity index (χ0n) is 17.8. The van der Waals surface area contributed by atoms with Crippen LogP contribution in [0.4, 0.5) is 11.4 Å². The lowest BCUT2D eigenvalue weighted by atomic mass is 9.54. The molecule has 4 amide bonds. The zero-order chi connectivity index (χ0) is 22.3. The van der Waals surface area contributed by atoms with Crippen molar-refractivity contribution in [2.45, 2.75) is 13.8 Å². The molecule has 3 aliphatic carbocycles. The average Bonchev–Trinajstić information content (AvgIpc) is 3.21. The first-order chi connectivity index (χ1) is 15.4. The van der Waals surface area contributed by atoms with Crippen LogP contribution >= 0.6 is 0 Å². The van der Waals surface area contributed by atoms with Crippen LogP contribution in [-0.4, -0.2) is 23.6 Å². The SMILES string of the molecule is Cc1cccc(N2C(=O)[C@@H]3C4C=CC([C@H]3C2=O)[C@@H]2C(=O)N(c3cccc(C)c3)C(=O)[C@H]42)c1. The molecule has 160 valence electrons. The fourth-order valence-electron chi connectivity index (χ4n) is 6.27. The monoisotopic (exact) mass is 426 g/mol. The third-order valence-electron chi connectivity index (χ3n) is 7.53. The third kappa shape index (κ3) is 2.35. The Kier molecular flexibility index (Phi) is 3.88. The van der Waals surface area contributed by atoms with Gasteiger partial charge in [0.25, 0.3) is 0 Å². The number of carbonyl (C=O) groups is 4. The molecular weight excluding hydrogens is 404 g/mol.